The number of aromatic nitrogens is 1. The highest BCUT2D eigenvalue weighted by atomic mass is 19.1. The molecule has 0 spiro atoms. The van der Waals surface area contributed by atoms with E-state index < -0.39 is 5.82 Å². The van der Waals surface area contributed by atoms with Gasteiger partial charge in [-0.25, -0.2) is 9.37 Å². The summed E-state index contributed by atoms with van der Waals surface area (Å²) in [6.45, 7) is 1.65. The normalized spacial score (nSPS) is 13.5. The highest BCUT2D eigenvalue weighted by Crippen LogP contribution is 2.28. The van der Waals surface area contributed by atoms with Gasteiger partial charge in [0, 0.05) is 17.2 Å². The zero-order valence-corrected chi connectivity index (χ0v) is 12.1. The van der Waals surface area contributed by atoms with Crippen LogP contribution in [0.2, 0.25) is 0 Å². The Kier molecular flexibility index (Phi) is 3.60. The SMILES string of the molecule is Cc1nc(C(=O)NC2CC2)cc(-c2ccccc2F)c1C#N. The molecule has 0 radical (unpaired) electrons. The lowest BCUT2D eigenvalue weighted by molar-refractivity contribution is 0.0946. The van der Waals surface area contributed by atoms with Crippen LogP contribution in [0.4, 0.5) is 4.39 Å². The molecular weight excluding hydrogens is 281 g/mol. The Bertz CT molecular complexity index is 791. The van der Waals surface area contributed by atoms with E-state index in [-0.39, 0.29) is 23.2 Å². The van der Waals surface area contributed by atoms with Crippen molar-refractivity contribution in [3.8, 4) is 17.2 Å². The smallest absolute Gasteiger partial charge is 0.270 e. The van der Waals surface area contributed by atoms with Gasteiger partial charge in [-0.2, -0.15) is 5.26 Å². The van der Waals surface area contributed by atoms with E-state index in [0.717, 1.165) is 12.8 Å². The maximum atomic E-state index is 14.0. The summed E-state index contributed by atoms with van der Waals surface area (Å²) in [5.41, 5.74) is 1.61. The molecule has 1 aliphatic carbocycles. The number of amides is 1. The van der Waals surface area contributed by atoms with Gasteiger partial charge in [0.05, 0.1) is 11.3 Å². The van der Waals surface area contributed by atoms with E-state index in [0.29, 0.717) is 16.8 Å². The Hall–Kier alpha value is -2.74. The molecule has 110 valence electrons. The van der Waals surface area contributed by atoms with Crippen LogP contribution in [-0.4, -0.2) is 16.9 Å². The molecule has 0 unspecified atom stereocenters. The fourth-order valence-corrected chi connectivity index (χ4v) is 2.31. The fraction of sp³-hybridized carbons (Fsp3) is 0.235. The summed E-state index contributed by atoms with van der Waals surface area (Å²) < 4.78 is 14.0. The Balaban J connectivity index is 2.11. The number of rotatable bonds is 3. The van der Waals surface area contributed by atoms with Gasteiger partial charge in [-0.1, -0.05) is 18.2 Å². The van der Waals surface area contributed by atoms with Crippen LogP contribution in [0, 0.1) is 24.1 Å². The number of nitriles is 1. The van der Waals surface area contributed by atoms with Crippen molar-refractivity contribution in [1.29, 1.82) is 5.26 Å². The summed E-state index contributed by atoms with van der Waals surface area (Å²) in [4.78, 5) is 16.3. The lowest BCUT2D eigenvalue weighted by Gasteiger charge is -2.11. The van der Waals surface area contributed by atoms with Gasteiger partial charge in [0.1, 0.15) is 17.6 Å². The lowest BCUT2D eigenvalue weighted by Crippen LogP contribution is -2.26. The van der Waals surface area contributed by atoms with Crippen LogP contribution in [0.25, 0.3) is 11.1 Å². The van der Waals surface area contributed by atoms with Gasteiger partial charge in [0.2, 0.25) is 0 Å². The van der Waals surface area contributed by atoms with Crippen LogP contribution in [0.5, 0.6) is 0 Å². The largest absolute Gasteiger partial charge is 0.348 e. The number of hydrogen-bond acceptors (Lipinski definition) is 3. The first-order valence-corrected chi connectivity index (χ1v) is 7.07. The monoisotopic (exact) mass is 295 g/mol. The molecule has 0 aliphatic heterocycles. The molecule has 1 aromatic carbocycles. The van der Waals surface area contributed by atoms with E-state index in [1.54, 1.807) is 25.1 Å². The van der Waals surface area contributed by atoms with Crippen molar-refractivity contribution < 1.29 is 9.18 Å². The Morgan fingerprint density at radius 3 is 2.73 bits per heavy atom. The van der Waals surface area contributed by atoms with Gasteiger partial charge >= 0.3 is 0 Å². The van der Waals surface area contributed by atoms with Crippen molar-refractivity contribution in [3.05, 3.63) is 53.1 Å². The number of benzene rings is 1. The number of hydrogen-bond donors (Lipinski definition) is 1. The molecule has 0 saturated heterocycles. The molecule has 22 heavy (non-hydrogen) atoms. The second-order valence-electron chi connectivity index (χ2n) is 5.35. The number of nitrogens with zero attached hydrogens (tertiary/aromatic N) is 2. The minimum absolute atomic E-state index is 0.210. The third-order valence-electron chi connectivity index (χ3n) is 3.62. The van der Waals surface area contributed by atoms with Crippen LogP contribution in [0.15, 0.2) is 30.3 Å². The summed E-state index contributed by atoms with van der Waals surface area (Å²) in [6.07, 6.45) is 1.95. The average Bonchev–Trinajstić information content (AvgIpc) is 3.31. The molecule has 1 aliphatic rings. The summed E-state index contributed by atoms with van der Waals surface area (Å²) in [7, 11) is 0. The summed E-state index contributed by atoms with van der Waals surface area (Å²) >= 11 is 0. The van der Waals surface area contributed by atoms with Crippen LogP contribution >= 0.6 is 0 Å². The van der Waals surface area contributed by atoms with E-state index in [2.05, 4.69) is 10.3 Å². The van der Waals surface area contributed by atoms with Crippen molar-refractivity contribution >= 4 is 5.91 Å². The van der Waals surface area contributed by atoms with Gasteiger partial charge in [-0.05, 0) is 31.9 Å². The van der Waals surface area contributed by atoms with Crippen molar-refractivity contribution in [3.63, 3.8) is 0 Å². The first-order valence-electron chi connectivity index (χ1n) is 7.07. The van der Waals surface area contributed by atoms with Crippen molar-refractivity contribution in [2.75, 3.05) is 0 Å². The minimum atomic E-state index is -0.432. The maximum Gasteiger partial charge on any atom is 0.270 e. The molecule has 1 fully saturated rings. The number of pyridine rings is 1. The molecule has 1 heterocycles. The number of carbonyl (C=O) groups is 1. The average molecular weight is 295 g/mol. The summed E-state index contributed by atoms with van der Waals surface area (Å²) in [6, 6.07) is 9.94. The third-order valence-corrected chi connectivity index (χ3v) is 3.62. The van der Waals surface area contributed by atoms with Crippen LogP contribution < -0.4 is 5.32 Å². The predicted molar refractivity (Wildman–Crippen MR) is 79.6 cm³/mol. The fourth-order valence-electron chi connectivity index (χ4n) is 2.31. The molecule has 0 atom stereocenters. The molecule has 1 N–H and O–H groups in total. The van der Waals surface area contributed by atoms with Gasteiger partial charge in [0.15, 0.2) is 0 Å². The Morgan fingerprint density at radius 1 is 1.36 bits per heavy atom. The maximum absolute atomic E-state index is 14.0. The summed E-state index contributed by atoms with van der Waals surface area (Å²) in [5.74, 6) is -0.717. The highest BCUT2D eigenvalue weighted by molar-refractivity contribution is 5.94. The van der Waals surface area contributed by atoms with Gasteiger partial charge in [-0.3, -0.25) is 4.79 Å². The summed E-state index contributed by atoms with van der Waals surface area (Å²) in [5, 5.41) is 12.2. The van der Waals surface area contributed by atoms with E-state index in [9.17, 15) is 14.4 Å². The van der Waals surface area contributed by atoms with Gasteiger partial charge < -0.3 is 5.32 Å². The number of aryl methyl sites for hydroxylation is 1. The van der Waals surface area contributed by atoms with Crippen molar-refractivity contribution in [2.24, 2.45) is 0 Å². The molecule has 2 aromatic rings. The number of carbonyl (C=O) groups excluding carboxylic acids is 1. The molecule has 1 amide bonds. The Morgan fingerprint density at radius 2 is 2.09 bits per heavy atom. The molecule has 1 aromatic heterocycles. The van der Waals surface area contributed by atoms with Crippen LogP contribution in [-0.2, 0) is 0 Å². The van der Waals surface area contributed by atoms with E-state index in [1.165, 1.54) is 12.1 Å². The van der Waals surface area contributed by atoms with E-state index in [4.69, 9.17) is 0 Å². The third kappa shape index (κ3) is 2.68. The molecule has 3 rings (SSSR count). The van der Waals surface area contributed by atoms with Crippen LogP contribution in [0.1, 0.15) is 34.6 Å². The van der Waals surface area contributed by atoms with E-state index >= 15 is 0 Å². The number of halogens is 1. The van der Waals surface area contributed by atoms with Crippen molar-refractivity contribution in [1.82, 2.24) is 10.3 Å². The zero-order valence-electron chi connectivity index (χ0n) is 12.1. The standard InChI is InChI=1S/C17H14FN3O/c1-10-14(9-19)13(12-4-2-3-5-15(12)18)8-16(20-10)17(22)21-11-6-7-11/h2-5,8,11H,6-7H2,1H3,(H,21,22). The minimum Gasteiger partial charge on any atom is -0.348 e. The molecular formula is C17H14FN3O. The Labute approximate surface area is 127 Å². The van der Waals surface area contributed by atoms with Crippen molar-refractivity contribution in [2.45, 2.75) is 25.8 Å². The first-order chi connectivity index (χ1) is 10.6. The molecule has 1 saturated carbocycles. The first kappa shape index (κ1) is 14.2. The van der Waals surface area contributed by atoms with Gasteiger partial charge in [-0.15, -0.1) is 0 Å². The van der Waals surface area contributed by atoms with Gasteiger partial charge in [0.25, 0.3) is 5.91 Å². The second kappa shape index (κ2) is 5.57. The molecule has 0 bridgehead atoms. The second-order valence-corrected chi connectivity index (χ2v) is 5.35. The zero-order chi connectivity index (χ0) is 15.7. The topological polar surface area (TPSA) is 65.8 Å². The van der Waals surface area contributed by atoms with E-state index in [1.807, 2.05) is 6.07 Å². The predicted octanol–water partition coefficient (Wildman–Crippen LogP) is 2.96. The van der Waals surface area contributed by atoms with Crippen LogP contribution in [0.3, 0.4) is 0 Å². The lowest BCUT2D eigenvalue weighted by atomic mass is 9.98. The highest BCUT2D eigenvalue weighted by Gasteiger charge is 2.25. The quantitative estimate of drug-likeness (QED) is 0.946. The number of nitrogens with one attached hydrogen (secondary N) is 1. The molecule has 4 nitrogen and oxygen atoms in total. The molecule has 5 heteroatoms.